The van der Waals surface area contributed by atoms with Gasteiger partial charge in [-0.3, -0.25) is 10.0 Å². The average Bonchev–Trinajstić information content (AvgIpc) is 2.34. The Labute approximate surface area is 95.7 Å². The Bertz CT molecular complexity index is 486. The van der Waals surface area contributed by atoms with E-state index in [4.69, 9.17) is 4.74 Å². The lowest BCUT2D eigenvalue weighted by Gasteiger charge is -2.27. The van der Waals surface area contributed by atoms with Gasteiger partial charge in [-0.1, -0.05) is 0 Å². The molecule has 0 fully saturated rings. The number of hydrogen-bond acceptors (Lipinski definition) is 6. The number of anilines is 1. The summed E-state index contributed by atoms with van der Waals surface area (Å²) in [6.45, 7) is 0. The van der Waals surface area contributed by atoms with Crippen molar-refractivity contribution in [2.45, 2.75) is 6.29 Å². The molecule has 0 saturated carbocycles. The maximum atomic E-state index is 11.2. The van der Waals surface area contributed by atoms with Crippen LogP contribution >= 0.6 is 0 Å². The third kappa shape index (κ3) is 1.81. The number of nitrogens with zero attached hydrogens (tertiary/aromatic N) is 1. The van der Waals surface area contributed by atoms with Crippen LogP contribution in [-0.2, 0) is 9.53 Å². The van der Waals surface area contributed by atoms with Crippen molar-refractivity contribution in [3.8, 4) is 5.75 Å². The van der Waals surface area contributed by atoms with Crippen LogP contribution in [0.1, 0.15) is 10.4 Å². The lowest BCUT2D eigenvalue weighted by atomic mass is 10.1. The number of aliphatic hydroxyl groups is 1. The van der Waals surface area contributed by atoms with E-state index >= 15 is 0 Å². The third-order valence-electron chi connectivity index (χ3n) is 2.27. The normalized spacial score (nSPS) is 18.4. The summed E-state index contributed by atoms with van der Waals surface area (Å²) in [5.74, 6) is -1.57. The molecule has 2 N–H and O–H groups in total. The first-order valence-corrected chi connectivity index (χ1v) is 4.64. The molecular formula is C10H9NO6. The molecular weight excluding hydrogens is 230 g/mol. The molecule has 1 aromatic rings. The topological polar surface area (TPSA) is 96.3 Å². The highest BCUT2D eigenvalue weighted by Gasteiger charge is 2.32. The van der Waals surface area contributed by atoms with Gasteiger partial charge in [0.05, 0.1) is 12.7 Å². The van der Waals surface area contributed by atoms with E-state index in [1.165, 1.54) is 25.3 Å². The molecule has 7 nitrogen and oxygen atoms in total. The lowest BCUT2D eigenvalue weighted by Crippen LogP contribution is -2.44. The fourth-order valence-corrected chi connectivity index (χ4v) is 1.42. The number of aliphatic hydroxyl groups excluding tert-OH is 1. The largest absolute Gasteiger partial charge is 0.465 e. The fraction of sp³-hybridized carbons (Fsp3) is 0.200. The molecule has 1 aliphatic rings. The van der Waals surface area contributed by atoms with Crippen LogP contribution in [0.2, 0.25) is 0 Å². The van der Waals surface area contributed by atoms with Crippen LogP contribution in [0, 0.1) is 0 Å². The molecule has 1 amide bonds. The van der Waals surface area contributed by atoms with Crippen LogP contribution in [0.25, 0.3) is 0 Å². The second kappa shape index (κ2) is 4.04. The molecule has 0 aliphatic carbocycles. The van der Waals surface area contributed by atoms with Gasteiger partial charge in [-0.25, -0.2) is 4.79 Å². The first-order valence-electron chi connectivity index (χ1n) is 4.64. The number of amides is 1. The van der Waals surface area contributed by atoms with Gasteiger partial charge in [-0.2, -0.15) is 5.06 Å². The van der Waals surface area contributed by atoms with Gasteiger partial charge in [0.2, 0.25) is 0 Å². The Kier molecular flexibility index (Phi) is 2.70. The van der Waals surface area contributed by atoms with E-state index in [1.807, 2.05) is 0 Å². The smallest absolute Gasteiger partial charge is 0.337 e. The summed E-state index contributed by atoms with van der Waals surface area (Å²) in [4.78, 5) is 22.4. The maximum Gasteiger partial charge on any atom is 0.337 e. The summed E-state index contributed by atoms with van der Waals surface area (Å²) >= 11 is 0. The molecule has 1 heterocycles. The van der Waals surface area contributed by atoms with E-state index in [0.29, 0.717) is 0 Å². The van der Waals surface area contributed by atoms with Gasteiger partial charge in [0.25, 0.3) is 6.29 Å². The molecule has 7 heteroatoms. The molecule has 0 aromatic heterocycles. The number of carbonyl (C=O) groups is 2. The maximum absolute atomic E-state index is 11.2. The number of benzene rings is 1. The van der Waals surface area contributed by atoms with Crippen LogP contribution in [0.5, 0.6) is 5.75 Å². The predicted octanol–water partition coefficient (Wildman–Crippen LogP) is -0.0938. The standard InChI is InChI=1S/C10H9NO6/c1-16-9(13)5-2-3-6-7(4-5)17-10(14)8(12)11(6)15/h2-4,10,14-15H,1H3/t10-/m1/s1. The van der Waals surface area contributed by atoms with Crippen molar-refractivity contribution in [2.24, 2.45) is 0 Å². The third-order valence-corrected chi connectivity index (χ3v) is 2.27. The van der Waals surface area contributed by atoms with Gasteiger partial charge in [0, 0.05) is 0 Å². The van der Waals surface area contributed by atoms with Gasteiger partial charge in [0.1, 0.15) is 5.69 Å². The van der Waals surface area contributed by atoms with Gasteiger partial charge in [0.15, 0.2) is 5.75 Å². The minimum atomic E-state index is -1.79. The molecule has 0 saturated heterocycles. The number of hydroxylamine groups is 1. The summed E-state index contributed by atoms with van der Waals surface area (Å²) in [6, 6.07) is 3.94. The quantitative estimate of drug-likeness (QED) is 0.525. The molecule has 1 aromatic carbocycles. The van der Waals surface area contributed by atoms with Crippen molar-refractivity contribution in [3.63, 3.8) is 0 Å². The molecule has 0 radical (unpaired) electrons. The second-order valence-corrected chi connectivity index (χ2v) is 3.29. The fourth-order valence-electron chi connectivity index (χ4n) is 1.42. The van der Waals surface area contributed by atoms with Crippen molar-refractivity contribution in [3.05, 3.63) is 23.8 Å². The molecule has 0 bridgehead atoms. The molecule has 2 rings (SSSR count). The minimum absolute atomic E-state index is 0.0162. The van der Waals surface area contributed by atoms with Crippen LogP contribution < -0.4 is 9.80 Å². The van der Waals surface area contributed by atoms with E-state index in [9.17, 15) is 19.9 Å². The van der Waals surface area contributed by atoms with E-state index in [1.54, 1.807) is 0 Å². The number of hydrogen-bond donors (Lipinski definition) is 2. The second-order valence-electron chi connectivity index (χ2n) is 3.29. The SMILES string of the molecule is COC(=O)c1ccc2c(c1)O[C@@H](O)C(=O)N2O. The van der Waals surface area contributed by atoms with E-state index in [2.05, 4.69) is 4.74 Å². The first kappa shape index (κ1) is 11.4. The summed E-state index contributed by atoms with van der Waals surface area (Å²) in [6.07, 6.45) is -1.79. The molecule has 0 spiro atoms. The Morgan fingerprint density at radius 3 is 2.88 bits per heavy atom. The zero-order valence-electron chi connectivity index (χ0n) is 8.78. The highest BCUT2D eigenvalue weighted by Crippen LogP contribution is 2.33. The number of ether oxygens (including phenoxy) is 2. The molecule has 0 unspecified atom stereocenters. The number of methoxy groups -OCH3 is 1. The van der Waals surface area contributed by atoms with Gasteiger partial charge in [-0.05, 0) is 18.2 Å². The summed E-state index contributed by atoms with van der Waals surface area (Å²) in [5, 5.41) is 18.9. The number of esters is 1. The van der Waals surface area contributed by atoms with Crippen molar-refractivity contribution in [2.75, 3.05) is 12.2 Å². The Balaban J connectivity index is 2.44. The summed E-state index contributed by atoms with van der Waals surface area (Å²) in [5.41, 5.74) is 0.231. The zero-order chi connectivity index (χ0) is 12.6. The number of carbonyl (C=O) groups excluding carboxylic acids is 2. The summed E-state index contributed by atoms with van der Waals surface area (Å²) < 4.78 is 9.35. The van der Waals surface area contributed by atoms with E-state index in [-0.39, 0.29) is 22.1 Å². The molecule has 17 heavy (non-hydrogen) atoms. The molecule has 1 atom stereocenters. The van der Waals surface area contributed by atoms with Crippen LogP contribution in [-0.4, -0.2) is 35.6 Å². The Hall–Kier alpha value is -2.12. The first-order chi connectivity index (χ1) is 8.04. The van der Waals surface area contributed by atoms with E-state index < -0.39 is 18.2 Å². The van der Waals surface area contributed by atoms with Crippen molar-refractivity contribution in [1.29, 1.82) is 0 Å². The average molecular weight is 239 g/mol. The lowest BCUT2D eigenvalue weighted by molar-refractivity contribution is -0.148. The molecule has 1 aliphatic heterocycles. The van der Waals surface area contributed by atoms with Crippen molar-refractivity contribution in [1.82, 2.24) is 0 Å². The van der Waals surface area contributed by atoms with E-state index in [0.717, 1.165) is 0 Å². The monoisotopic (exact) mass is 239 g/mol. The number of fused-ring (bicyclic) bond motifs is 1. The van der Waals surface area contributed by atoms with Gasteiger partial charge >= 0.3 is 11.9 Å². The van der Waals surface area contributed by atoms with Crippen LogP contribution in [0.15, 0.2) is 18.2 Å². The Morgan fingerprint density at radius 2 is 2.24 bits per heavy atom. The predicted molar refractivity (Wildman–Crippen MR) is 53.7 cm³/mol. The van der Waals surface area contributed by atoms with Gasteiger partial charge in [-0.15, -0.1) is 0 Å². The highest BCUT2D eigenvalue weighted by atomic mass is 16.6. The highest BCUT2D eigenvalue weighted by molar-refractivity contribution is 5.98. The van der Waals surface area contributed by atoms with Crippen LogP contribution in [0.3, 0.4) is 0 Å². The minimum Gasteiger partial charge on any atom is -0.465 e. The van der Waals surface area contributed by atoms with Gasteiger partial charge < -0.3 is 14.6 Å². The zero-order valence-corrected chi connectivity index (χ0v) is 8.78. The number of rotatable bonds is 1. The molecule has 90 valence electrons. The summed E-state index contributed by atoms with van der Waals surface area (Å²) in [7, 11) is 1.22. The van der Waals surface area contributed by atoms with Crippen molar-refractivity contribution < 1.29 is 29.4 Å². The van der Waals surface area contributed by atoms with Crippen LogP contribution in [0.4, 0.5) is 5.69 Å². The van der Waals surface area contributed by atoms with Crippen molar-refractivity contribution >= 4 is 17.6 Å². The Morgan fingerprint density at radius 1 is 1.53 bits per heavy atom.